The molecule has 3 aromatic heterocycles. The van der Waals surface area contributed by atoms with Gasteiger partial charge in [0.2, 0.25) is 0 Å². The zero-order valence-electron chi connectivity index (χ0n) is 25.1. The van der Waals surface area contributed by atoms with Crippen LogP contribution in [0.1, 0.15) is 0 Å². The van der Waals surface area contributed by atoms with Crippen molar-refractivity contribution in [3.8, 4) is 67.5 Å². The van der Waals surface area contributed by atoms with Crippen LogP contribution in [-0.4, -0.2) is 19.9 Å². The van der Waals surface area contributed by atoms with E-state index in [-0.39, 0.29) is 0 Å². The number of nitrogens with zero attached hydrogens (tertiary/aromatic N) is 4. The van der Waals surface area contributed by atoms with Crippen molar-refractivity contribution in [3.05, 3.63) is 146 Å². The summed E-state index contributed by atoms with van der Waals surface area (Å²) in [7, 11) is 0. The Morgan fingerprint density at radius 2 is 1.02 bits per heavy atom. The minimum Gasteiger partial charge on any atom is -0.454 e. The van der Waals surface area contributed by atoms with Crippen molar-refractivity contribution < 1.29 is 4.42 Å². The highest BCUT2D eigenvalue weighted by Crippen LogP contribution is 2.48. The fraction of sp³-hybridized carbons (Fsp3) is 0. The molecule has 0 amide bonds. The molecule has 5 heteroatoms. The third kappa shape index (κ3) is 4.03. The van der Waals surface area contributed by atoms with Crippen LogP contribution < -0.4 is 0 Å². The van der Waals surface area contributed by atoms with E-state index in [0.717, 1.165) is 44.3 Å². The summed E-state index contributed by atoms with van der Waals surface area (Å²) < 4.78 is 6.13. The molecule has 0 fully saturated rings. The predicted octanol–water partition coefficient (Wildman–Crippen LogP) is 10.6. The Kier molecular flexibility index (Phi) is 5.51. The summed E-state index contributed by atoms with van der Waals surface area (Å²) in [5.74, 6) is 1.79. The Balaban J connectivity index is 1.11. The lowest BCUT2D eigenvalue weighted by molar-refractivity contribution is 0.668. The molecular formula is C42H24N4O. The molecule has 0 radical (unpaired) electrons. The molecule has 6 aromatic carbocycles. The zero-order chi connectivity index (χ0) is 30.9. The Labute approximate surface area is 269 Å². The Bertz CT molecular complexity index is 2680. The number of benzene rings is 6. The van der Waals surface area contributed by atoms with Gasteiger partial charge in [-0.2, -0.15) is 0 Å². The van der Waals surface area contributed by atoms with Crippen molar-refractivity contribution in [1.82, 2.24) is 19.9 Å². The molecule has 0 saturated heterocycles. The molecule has 1 aliphatic rings. The second kappa shape index (κ2) is 10.0. The number of rotatable bonds is 4. The third-order valence-electron chi connectivity index (χ3n) is 9.12. The lowest BCUT2D eigenvalue weighted by Gasteiger charge is -2.11. The van der Waals surface area contributed by atoms with E-state index >= 15 is 0 Å². The number of furan rings is 1. The quantitative estimate of drug-likeness (QED) is 0.201. The maximum atomic E-state index is 6.13. The first-order valence-corrected chi connectivity index (χ1v) is 15.6. The van der Waals surface area contributed by atoms with Gasteiger partial charge in [-0.1, -0.05) is 109 Å². The van der Waals surface area contributed by atoms with Crippen LogP contribution in [0.2, 0.25) is 0 Å². The van der Waals surface area contributed by atoms with Crippen LogP contribution in [-0.2, 0) is 0 Å². The van der Waals surface area contributed by atoms with E-state index in [2.05, 4.69) is 83.8 Å². The number of hydrogen-bond donors (Lipinski definition) is 0. The van der Waals surface area contributed by atoms with Crippen LogP contribution in [0.4, 0.5) is 0 Å². The van der Waals surface area contributed by atoms with Crippen molar-refractivity contribution in [2.75, 3.05) is 0 Å². The molecule has 218 valence electrons. The molecule has 10 rings (SSSR count). The zero-order valence-corrected chi connectivity index (χ0v) is 25.1. The standard InChI is InChI=1S/C42H24N4O/c1-2-9-26(10-3-1)40-44-41(46-42(45-40)33-15-7-16-35-38(33)39-36(47-35)17-8-22-43-39)27-20-18-25(19-21-27)29-23-28-11-6-14-32-30-12-4-5-13-31(30)34(24-29)37(28)32/h1-24H. The van der Waals surface area contributed by atoms with Gasteiger partial charge in [-0.25, -0.2) is 15.0 Å². The normalized spacial score (nSPS) is 11.8. The molecular weight excluding hydrogens is 576 g/mol. The molecule has 5 nitrogen and oxygen atoms in total. The molecule has 0 unspecified atom stereocenters. The molecule has 0 N–H and O–H groups in total. The molecule has 0 saturated carbocycles. The molecule has 47 heavy (non-hydrogen) atoms. The van der Waals surface area contributed by atoms with Crippen LogP contribution in [0.3, 0.4) is 0 Å². The average Bonchev–Trinajstić information content (AvgIpc) is 3.69. The first kappa shape index (κ1) is 25.8. The van der Waals surface area contributed by atoms with E-state index in [0.29, 0.717) is 17.5 Å². The van der Waals surface area contributed by atoms with Crippen LogP contribution in [0.5, 0.6) is 0 Å². The van der Waals surface area contributed by atoms with Gasteiger partial charge in [-0.15, -0.1) is 0 Å². The molecule has 9 aromatic rings. The van der Waals surface area contributed by atoms with Gasteiger partial charge in [0.15, 0.2) is 23.1 Å². The van der Waals surface area contributed by atoms with E-state index < -0.39 is 0 Å². The van der Waals surface area contributed by atoms with Crippen LogP contribution in [0.25, 0.3) is 100 Å². The van der Waals surface area contributed by atoms with Crippen molar-refractivity contribution in [1.29, 1.82) is 0 Å². The van der Waals surface area contributed by atoms with Crippen LogP contribution in [0.15, 0.2) is 150 Å². The monoisotopic (exact) mass is 600 g/mol. The SMILES string of the molecule is c1ccc(-c2nc(-c3ccc(-c4cc5c6c(cccc6c4)-c4ccccc4-5)cc3)nc(-c3cccc4oc5cccnc5c34)n2)cc1. The molecule has 0 atom stereocenters. The van der Waals surface area contributed by atoms with Gasteiger partial charge in [0, 0.05) is 22.9 Å². The average molecular weight is 601 g/mol. The third-order valence-corrected chi connectivity index (χ3v) is 9.12. The maximum Gasteiger partial charge on any atom is 0.164 e. The van der Waals surface area contributed by atoms with Gasteiger partial charge in [0.05, 0.1) is 5.39 Å². The van der Waals surface area contributed by atoms with Gasteiger partial charge in [-0.3, -0.25) is 4.98 Å². The summed E-state index contributed by atoms with van der Waals surface area (Å²) >= 11 is 0. The van der Waals surface area contributed by atoms with Crippen molar-refractivity contribution >= 4 is 32.8 Å². The highest BCUT2D eigenvalue weighted by molar-refractivity contribution is 6.16. The highest BCUT2D eigenvalue weighted by Gasteiger charge is 2.22. The topological polar surface area (TPSA) is 64.7 Å². The second-order valence-corrected chi connectivity index (χ2v) is 11.9. The van der Waals surface area contributed by atoms with Gasteiger partial charge in [-0.05, 0) is 74.5 Å². The number of pyridine rings is 1. The van der Waals surface area contributed by atoms with Gasteiger partial charge < -0.3 is 4.42 Å². The fourth-order valence-electron chi connectivity index (χ4n) is 6.96. The smallest absolute Gasteiger partial charge is 0.164 e. The van der Waals surface area contributed by atoms with Crippen molar-refractivity contribution in [2.24, 2.45) is 0 Å². The second-order valence-electron chi connectivity index (χ2n) is 11.9. The molecule has 0 bridgehead atoms. The minimum atomic E-state index is 0.573. The lowest BCUT2D eigenvalue weighted by Crippen LogP contribution is -2.00. The Morgan fingerprint density at radius 3 is 1.85 bits per heavy atom. The van der Waals surface area contributed by atoms with Crippen molar-refractivity contribution in [3.63, 3.8) is 0 Å². The van der Waals surface area contributed by atoms with Gasteiger partial charge >= 0.3 is 0 Å². The molecule has 0 spiro atoms. The predicted molar refractivity (Wildman–Crippen MR) is 189 cm³/mol. The molecule has 0 aliphatic heterocycles. The summed E-state index contributed by atoms with van der Waals surface area (Å²) in [6, 6.07) is 48.2. The lowest BCUT2D eigenvalue weighted by atomic mass is 9.95. The van der Waals surface area contributed by atoms with Gasteiger partial charge in [0.1, 0.15) is 11.1 Å². The summed E-state index contributed by atoms with van der Waals surface area (Å²) in [5, 5.41) is 3.47. The Hall–Kier alpha value is -6.46. The molecule has 3 heterocycles. The number of fused-ring (bicyclic) bond motifs is 6. The summed E-state index contributed by atoms with van der Waals surface area (Å²) in [5.41, 5.74) is 12.5. The van der Waals surface area contributed by atoms with Crippen molar-refractivity contribution in [2.45, 2.75) is 0 Å². The highest BCUT2D eigenvalue weighted by atomic mass is 16.3. The van der Waals surface area contributed by atoms with Crippen LogP contribution in [0, 0.1) is 0 Å². The first-order chi connectivity index (χ1) is 23.3. The number of hydrogen-bond acceptors (Lipinski definition) is 5. The largest absolute Gasteiger partial charge is 0.454 e. The van der Waals surface area contributed by atoms with Crippen LogP contribution >= 0.6 is 0 Å². The van der Waals surface area contributed by atoms with E-state index in [1.165, 1.54) is 38.6 Å². The fourth-order valence-corrected chi connectivity index (χ4v) is 6.96. The summed E-state index contributed by atoms with van der Waals surface area (Å²) in [6.07, 6.45) is 1.78. The summed E-state index contributed by atoms with van der Waals surface area (Å²) in [6.45, 7) is 0. The Morgan fingerprint density at radius 1 is 0.383 bits per heavy atom. The van der Waals surface area contributed by atoms with E-state index in [9.17, 15) is 0 Å². The van der Waals surface area contributed by atoms with E-state index in [4.69, 9.17) is 19.4 Å². The minimum absolute atomic E-state index is 0.573. The summed E-state index contributed by atoms with van der Waals surface area (Å²) in [4.78, 5) is 19.6. The molecule has 1 aliphatic carbocycles. The van der Waals surface area contributed by atoms with E-state index in [1.807, 2.05) is 60.7 Å². The van der Waals surface area contributed by atoms with E-state index in [1.54, 1.807) is 6.20 Å². The van der Waals surface area contributed by atoms with Gasteiger partial charge in [0.25, 0.3) is 0 Å². The number of aromatic nitrogens is 4. The first-order valence-electron chi connectivity index (χ1n) is 15.6. The maximum absolute atomic E-state index is 6.13.